The first-order valence-corrected chi connectivity index (χ1v) is 4.17. The fourth-order valence-electron chi connectivity index (χ4n) is 0.731. The summed E-state index contributed by atoms with van der Waals surface area (Å²) >= 11 is 1.74. The van der Waals surface area contributed by atoms with E-state index in [1.807, 2.05) is 5.38 Å². The van der Waals surface area contributed by atoms with Crippen molar-refractivity contribution >= 4 is 11.3 Å². The molecule has 0 aliphatic heterocycles. The van der Waals surface area contributed by atoms with E-state index in [0.717, 1.165) is 5.56 Å². The van der Waals surface area contributed by atoms with Crippen LogP contribution in [0.1, 0.15) is 30.2 Å². The third-order valence-corrected chi connectivity index (χ3v) is 2.59. The number of hydrogen-bond donors (Lipinski definition) is 0. The van der Waals surface area contributed by atoms with Crippen LogP contribution in [0.25, 0.3) is 0 Å². The lowest BCUT2D eigenvalue weighted by molar-refractivity contribution is 0.889. The minimum atomic E-state index is 0.604. The zero-order valence-corrected chi connectivity index (χ0v) is 7.03. The third-order valence-electron chi connectivity index (χ3n) is 1.36. The van der Waals surface area contributed by atoms with Crippen molar-refractivity contribution in [2.45, 2.75) is 19.8 Å². The van der Waals surface area contributed by atoms with Crippen LogP contribution < -0.4 is 0 Å². The molecule has 0 N–H and O–H groups in total. The van der Waals surface area contributed by atoms with Crippen LogP contribution >= 0.6 is 11.3 Å². The van der Waals surface area contributed by atoms with Gasteiger partial charge in [0.05, 0.1) is 0 Å². The quantitative estimate of drug-likeness (QED) is 0.540. The minimum absolute atomic E-state index is 0.604. The van der Waals surface area contributed by atoms with Crippen molar-refractivity contribution in [2.24, 2.45) is 0 Å². The van der Waals surface area contributed by atoms with Crippen LogP contribution in [0.5, 0.6) is 0 Å². The smallest absolute Gasteiger partial charge is 0.0352 e. The lowest BCUT2D eigenvalue weighted by Gasteiger charge is -1.95. The van der Waals surface area contributed by atoms with Crippen LogP contribution in [0.4, 0.5) is 0 Å². The molecule has 1 rings (SSSR count). The van der Waals surface area contributed by atoms with E-state index in [0.29, 0.717) is 5.92 Å². The zero-order chi connectivity index (χ0) is 7.56. The molecule has 52 valence electrons. The molecule has 0 aliphatic carbocycles. The highest BCUT2D eigenvalue weighted by atomic mass is 32.1. The topological polar surface area (TPSA) is 0 Å². The molecule has 0 bridgehead atoms. The summed E-state index contributed by atoms with van der Waals surface area (Å²) in [5.41, 5.74) is 1.01. The zero-order valence-electron chi connectivity index (χ0n) is 6.22. The molecule has 1 aromatic heterocycles. The maximum absolute atomic E-state index is 5.22. The Morgan fingerprint density at radius 1 is 1.60 bits per heavy atom. The van der Waals surface area contributed by atoms with Gasteiger partial charge in [0.1, 0.15) is 0 Å². The fraction of sp³-hybridized carbons (Fsp3) is 0.333. The third kappa shape index (κ3) is 1.40. The first-order valence-electron chi connectivity index (χ1n) is 3.29. The first kappa shape index (κ1) is 7.37. The van der Waals surface area contributed by atoms with Crippen molar-refractivity contribution in [1.82, 2.24) is 0 Å². The Morgan fingerprint density at radius 2 is 2.30 bits per heavy atom. The van der Waals surface area contributed by atoms with Gasteiger partial charge in [0.25, 0.3) is 0 Å². The molecule has 0 fully saturated rings. The summed E-state index contributed by atoms with van der Waals surface area (Å²) in [5, 5.41) is 2.02. The molecule has 0 spiro atoms. The molecule has 0 aromatic carbocycles. The van der Waals surface area contributed by atoms with E-state index in [1.54, 1.807) is 11.3 Å². The van der Waals surface area contributed by atoms with Crippen molar-refractivity contribution in [3.63, 3.8) is 0 Å². The van der Waals surface area contributed by atoms with Crippen LogP contribution in [0.2, 0.25) is 0 Å². The SMILES string of the molecule is C#Cc1csc(C(C)C)c1. The van der Waals surface area contributed by atoms with Gasteiger partial charge < -0.3 is 0 Å². The Bertz CT molecular complexity index is 250. The molecule has 1 heteroatoms. The highest BCUT2D eigenvalue weighted by molar-refractivity contribution is 7.10. The molecular formula is C9H10S. The van der Waals surface area contributed by atoms with Gasteiger partial charge >= 0.3 is 0 Å². The Hall–Kier alpha value is -0.740. The van der Waals surface area contributed by atoms with Gasteiger partial charge in [-0.05, 0) is 12.0 Å². The Balaban J connectivity index is 2.91. The normalized spacial score (nSPS) is 9.80. The van der Waals surface area contributed by atoms with Crippen LogP contribution in [0.3, 0.4) is 0 Å². The van der Waals surface area contributed by atoms with Gasteiger partial charge in [-0.2, -0.15) is 0 Å². The molecule has 0 saturated carbocycles. The van der Waals surface area contributed by atoms with E-state index >= 15 is 0 Å². The molecule has 1 aromatic rings. The standard InChI is InChI=1S/C9H10S/c1-4-8-5-9(7(2)3)10-6-8/h1,5-7H,2-3H3. The van der Waals surface area contributed by atoms with Gasteiger partial charge in [-0.3, -0.25) is 0 Å². The highest BCUT2D eigenvalue weighted by Crippen LogP contribution is 2.22. The van der Waals surface area contributed by atoms with Gasteiger partial charge in [-0.15, -0.1) is 17.8 Å². The predicted octanol–water partition coefficient (Wildman–Crippen LogP) is 2.85. The van der Waals surface area contributed by atoms with Gasteiger partial charge in [-0.1, -0.05) is 19.8 Å². The van der Waals surface area contributed by atoms with E-state index in [1.165, 1.54) is 4.88 Å². The van der Waals surface area contributed by atoms with Crippen molar-refractivity contribution in [2.75, 3.05) is 0 Å². The summed E-state index contributed by atoms with van der Waals surface area (Å²) in [6.45, 7) is 4.35. The number of thiophene rings is 1. The summed E-state index contributed by atoms with van der Waals surface area (Å²) in [7, 11) is 0. The largest absolute Gasteiger partial charge is 0.147 e. The molecule has 0 amide bonds. The molecule has 0 radical (unpaired) electrons. The Labute approximate surface area is 65.9 Å². The average Bonchev–Trinajstić information content (AvgIpc) is 2.34. The minimum Gasteiger partial charge on any atom is -0.147 e. The van der Waals surface area contributed by atoms with E-state index in [9.17, 15) is 0 Å². The van der Waals surface area contributed by atoms with Gasteiger partial charge in [0, 0.05) is 15.8 Å². The molecule has 0 atom stereocenters. The summed E-state index contributed by atoms with van der Waals surface area (Å²) in [6.07, 6.45) is 5.22. The lowest BCUT2D eigenvalue weighted by atomic mass is 10.1. The highest BCUT2D eigenvalue weighted by Gasteiger charge is 2.00. The van der Waals surface area contributed by atoms with Crippen molar-refractivity contribution < 1.29 is 0 Å². The number of hydrogen-bond acceptors (Lipinski definition) is 1. The monoisotopic (exact) mass is 150 g/mol. The summed E-state index contributed by atoms with van der Waals surface area (Å²) in [6, 6.07) is 2.08. The number of rotatable bonds is 1. The Kier molecular flexibility index (Phi) is 2.13. The molecule has 0 unspecified atom stereocenters. The maximum atomic E-state index is 5.22. The first-order chi connectivity index (χ1) is 4.74. The second-order valence-corrected chi connectivity index (χ2v) is 3.48. The Morgan fingerprint density at radius 3 is 2.60 bits per heavy atom. The molecule has 0 nitrogen and oxygen atoms in total. The average molecular weight is 150 g/mol. The van der Waals surface area contributed by atoms with Crippen molar-refractivity contribution in [3.05, 3.63) is 21.9 Å². The number of terminal acetylenes is 1. The van der Waals surface area contributed by atoms with Crippen LogP contribution in [-0.2, 0) is 0 Å². The molecule has 10 heavy (non-hydrogen) atoms. The van der Waals surface area contributed by atoms with Crippen LogP contribution in [0, 0.1) is 12.3 Å². The lowest BCUT2D eigenvalue weighted by Crippen LogP contribution is -1.78. The molecule has 1 heterocycles. The van der Waals surface area contributed by atoms with Crippen molar-refractivity contribution in [1.29, 1.82) is 0 Å². The van der Waals surface area contributed by atoms with Crippen LogP contribution in [0.15, 0.2) is 11.4 Å². The summed E-state index contributed by atoms with van der Waals surface area (Å²) < 4.78 is 0. The van der Waals surface area contributed by atoms with Gasteiger partial charge in [0.15, 0.2) is 0 Å². The maximum Gasteiger partial charge on any atom is 0.0352 e. The summed E-state index contributed by atoms with van der Waals surface area (Å²) in [5.74, 6) is 3.22. The van der Waals surface area contributed by atoms with Gasteiger partial charge in [0.2, 0.25) is 0 Å². The van der Waals surface area contributed by atoms with E-state index in [4.69, 9.17) is 6.42 Å². The fourth-order valence-corrected chi connectivity index (χ4v) is 1.60. The second kappa shape index (κ2) is 2.90. The molecular weight excluding hydrogens is 140 g/mol. The van der Waals surface area contributed by atoms with Gasteiger partial charge in [-0.25, -0.2) is 0 Å². The van der Waals surface area contributed by atoms with E-state index < -0.39 is 0 Å². The van der Waals surface area contributed by atoms with Crippen molar-refractivity contribution in [3.8, 4) is 12.3 Å². The predicted molar refractivity (Wildman–Crippen MR) is 46.3 cm³/mol. The molecule has 0 saturated heterocycles. The second-order valence-electron chi connectivity index (χ2n) is 2.54. The summed E-state index contributed by atoms with van der Waals surface area (Å²) in [4.78, 5) is 1.37. The van der Waals surface area contributed by atoms with Crippen LogP contribution in [-0.4, -0.2) is 0 Å². The van der Waals surface area contributed by atoms with E-state index in [2.05, 4.69) is 25.8 Å². The van der Waals surface area contributed by atoms with E-state index in [-0.39, 0.29) is 0 Å². The molecule has 0 aliphatic rings.